The van der Waals surface area contributed by atoms with Gasteiger partial charge in [-0.25, -0.2) is 0 Å². The highest BCUT2D eigenvalue weighted by Gasteiger charge is 2.37. The number of hydrogen-bond donors (Lipinski definition) is 0. The Morgan fingerprint density at radius 3 is 2.46 bits per heavy atom. The average Bonchev–Trinajstić information content (AvgIpc) is 3.16. The van der Waals surface area contributed by atoms with E-state index in [9.17, 15) is 9.59 Å². The van der Waals surface area contributed by atoms with Crippen LogP contribution < -0.4 is 0 Å². The topological polar surface area (TPSA) is 49.9 Å². The van der Waals surface area contributed by atoms with Gasteiger partial charge in [-0.3, -0.25) is 9.59 Å². The first-order valence-corrected chi connectivity index (χ1v) is 9.86. The molecule has 0 aliphatic carbocycles. The lowest BCUT2D eigenvalue weighted by Crippen LogP contribution is -2.54. The van der Waals surface area contributed by atoms with E-state index < -0.39 is 0 Å². The zero-order valence-electron chi connectivity index (χ0n) is 15.0. The Bertz CT molecular complexity index is 440. The van der Waals surface area contributed by atoms with Crippen molar-refractivity contribution in [1.29, 1.82) is 0 Å². The van der Waals surface area contributed by atoms with Crippen LogP contribution in [0.4, 0.5) is 0 Å². The molecular formula is C19H32N2O3. The Morgan fingerprint density at radius 2 is 1.79 bits per heavy atom. The van der Waals surface area contributed by atoms with Crippen molar-refractivity contribution >= 4 is 11.8 Å². The maximum Gasteiger partial charge on any atom is 0.245 e. The van der Waals surface area contributed by atoms with Gasteiger partial charge < -0.3 is 14.5 Å². The molecule has 0 bridgehead atoms. The first-order chi connectivity index (χ1) is 11.7. The summed E-state index contributed by atoms with van der Waals surface area (Å²) in [6, 6.07) is -0.204. The van der Waals surface area contributed by atoms with Crippen molar-refractivity contribution in [2.45, 2.75) is 64.3 Å². The minimum Gasteiger partial charge on any atom is -0.381 e. The van der Waals surface area contributed by atoms with Gasteiger partial charge in [-0.2, -0.15) is 0 Å². The summed E-state index contributed by atoms with van der Waals surface area (Å²) in [5.74, 6) is 1.76. The lowest BCUT2D eigenvalue weighted by molar-refractivity contribution is -0.148. The van der Waals surface area contributed by atoms with Crippen molar-refractivity contribution in [3.63, 3.8) is 0 Å². The van der Waals surface area contributed by atoms with Gasteiger partial charge in [0.15, 0.2) is 0 Å². The van der Waals surface area contributed by atoms with Crippen LogP contribution in [-0.2, 0) is 14.3 Å². The standard InChI is InChI=1S/C19H32N2O3/c1-2-5-18(22)21-10-4-3-6-17(21)19(23)20-11-7-15(8-12-20)16-9-13-24-14-16/h15-17H,2-14H2,1H3. The van der Waals surface area contributed by atoms with Crippen LogP contribution in [0.3, 0.4) is 0 Å². The molecule has 24 heavy (non-hydrogen) atoms. The summed E-state index contributed by atoms with van der Waals surface area (Å²) in [6.07, 6.45) is 7.71. The molecule has 0 aromatic rings. The first-order valence-electron chi connectivity index (χ1n) is 9.86. The second-order valence-corrected chi connectivity index (χ2v) is 7.64. The third-order valence-electron chi connectivity index (χ3n) is 6.05. The molecule has 3 fully saturated rings. The maximum atomic E-state index is 13.0. The van der Waals surface area contributed by atoms with E-state index in [1.165, 1.54) is 6.42 Å². The van der Waals surface area contributed by atoms with Crippen molar-refractivity contribution in [2.24, 2.45) is 11.8 Å². The van der Waals surface area contributed by atoms with E-state index in [2.05, 4.69) is 0 Å². The highest BCUT2D eigenvalue weighted by atomic mass is 16.5. The number of hydrogen-bond acceptors (Lipinski definition) is 3. The van der Waals surface area contributed by atoms with E-state index in [1.54, 1.807) is 0 Å². The zero-order chi connectivity index (χ0) is 16.9. The molecule has 5 nitrogen and oxygen atoms in total. The summed E-state index contributed by atoms with van der Waals surface area (Å²) in [5.41, 5.74) is 0. The second-order valence-electron chi connectivity index (χ2n) is 7.64. The fraction of sp³-hybridized carbons (Fsp3) is 0.895. The molecule has 3 rings (SSSR count). The predicted molar refractivity (Wildman–Crippen MR) is 92.5 cm³/mol. The fourth-order valence-electron chi connectivity index (χ4n) is 4.57. The minimum atomic E-state index is -0.204. The number of nitrogens with zero attached hydrogens (tertiary/aromatic N) is 2. The summed E-state index contributed by atoms with van der Waals surface area (Å²) < 4.78 is 5.52. The van der Waals surface area contributed by atoms with Crippen LogP contribution in [0.15, 0.2) is 0 Å². The van der Waals surface area contributed by atoms with Gasteiger partial charge in [-0.1, -0.05) is 6.92 Å². The largest absolute Gasteiger partial charge is 0.381 e. The Balaban J connectivity index is 1.55. The number of carbonyl (C=O) groups is 2. The summed E-state index contributed by atoms with van der Waals surface area (Å²) in [7, 11) is 0. The van der Waals surface area contributed by atoms with Gasteiger partial charge in [0.1, 0.15) is 6.04 Å². The van der Waals surface area contributed by atoms with Crippen molar-refractivity contribution in [2.75, 3.05) is 32.8 Å². The number of likely N-dealkylation sites (tertiary alicyclic amines) is 2. The molecule has 0 aromatic heterocycles. The van der Waals surface area contributed by atoms with Crippen LogP contribution in [0.25, 0.3) is 0 Å². The van der Waals surface area contributed by atoms with Gasteiger partial charge in [-0.15, -0.1) is 0 Å². The van der Waals surface area contributed by atoms with Crippen LogP contribution in [0.1, 0.15) is 58.3 Å². The van der Waals surface area contributed by atoms with E-state index in [1.807, 2.05) is 16.7 Å². The number of rotatable bonds is 4. The molecule has 136 valence electrons. The van der Waals surface area contributed by atoms with E-state index >= 15 is 0 Å². The number of ether oxygens (including phenoxy) is 1. The zero-order valence-corrected chi connectivity index (χ0v) is 15.0. The number of amides is 2. The molecule has 3 aliphatic heterocycles. The Labute approximate surface area is 145 Å². The van der Waals surface area contributed by atoms with Gasteiger partial charge in [0, 0.05) is 39.3 Å². The van der Waals surface area contributed by atoms with E-state index in [0.717, 1.165) is 71.4 Å². The lowest BCUT2D eigenvalue weighted by atomic mass is 9.83. The molecule has 3 saturated heterocycles. The number of carbonyl (C=O) groups excluding carboxylic acids is 2. The minimum absolute atomic E-state index is 0.161. The van der Waals surface area contributed by atoms with Gasteiger partial charge in [-0.05, 0) is 56.8 Å². The van der Waals surface area contributed by atoms with Crippen LogP contribution in [-0.4, -0.2) is 60.5 Å². The predicted octanol–water partition coefficient (Wildman–Crippen LogP) is 2.44. The summed E-state index contributed by atoms with van der Waals surface area (Å²) >= 11 is 0. The molecule has 2 unspecified atom stereocenters. The number of piperidine rings is 2. The van der Waals surface area contributed by atoms with E-state index in [0.29, 0.717) is 18.3 Å². The maximum absolute atomic E-state index is 13.0. The highest BCUT2D eigenvalue weighted by Crippen LogP contribution is 2.31. The molecule has 0 N–H and O–H groups in total. The van der Waals surface area contributed by atoms with Crippen molar-refractivity contribution < 1.29 is 14.3 Å². The van der Waals surface area contributed by atoms with Crippen LogP contribution in [0.5, 0.6) is 0 Å². The average molecular weight is 336 g/mol. The third kappa shape index (κ3) is 3.93. The molecule has 0 spiro atoms. The van der Waals surface area contributed by atoms with Crippen molar-refractivity contribution in [3.8, 4) is 0 Å². The summed E-state index contributed by atoms with van der Waals surface area (Å²) in [5, 5.41) is 0. The monoisotopic (exact) mass is 336 g/mol. The second kappa shape index (κ2) is 8.32. The first kappa shape index (κ1) is 17.7. The Morgan fingerprint density at radius 1 is 1.00 bits per heavy atom. The molecule has 2 amide bonds. The normalized spacial score (nSPS) is 29.0. The smallest absolute Gasteiger partial charge is 0.245 e. The van der Waals surface area contributed by atoms with Crippen LogP contribution in [0.2, 0.25) is 0 Å². The van der Waals surface area contributed by atoms with E-state index in [4.69, 9.17) is 4.74 Å². The van der Waals surface area contributed by atoms with E-state index in [-0.39, 0.29) is 17.9 Å². The third-order valence-corrected chi connectivity index (χ3v) is 6.05. The summed E-state index contributed by atoms with van der Waals surface area (Å²) in [6.45, 7) is 6.29. The van der Waals surface area contributed by atoms with Crippen molar-refractivity contribution in [3.05, 3.63) is 0 Å². The van der Waals surface area contributed by atoms with Crippen LogP contribution in [0, 0.1) is 11.8 Å². The van der Waals surface area contributed by atoms with Gasteiger partial charge in [0.25, 0.3) is 0 Å². The molecule has 5 heteroatoms. The molecule has 0 radical (unpaired) electrons. The molecule has 2 atom stereocenters. The SMILES string of the molecule is CCCC(=O)N1CCCCC1C(=O)N1CCC(C2CCOC2)CC1. The molecule has 0 aromatic carbocycles. The van der Waals surface area contributed by atoms with Gasteiger partial charge in [0.2, 0.25) is 11.8 Å². The molecule has 3 aliphatic rings. The Kier molecular flexibility index (Phi) is 6.14. The van der Waals surface area contributed by atoms with Crippen LogP contribution >= 0.6 is 0 Å². The van der Waals surface area contributed by atoms with Crippen molar-refractivity contribution in [1.82, 2.24) is 9.80 Å². The molecule has 0 saturated carbocycles. The fourth-order valence-corrected chi connectivity index (χ4v) is 4.57. The van der Waals surface area contributed by atoms with Gasteiger partial charge >= 0.3 is 0 Å². The Hall–Kier alpha value is -1.10. The quantitative estimate of drug-likeness (QED) is 0.792. The highest BCUT2D eigenvalue weighted by molar-refractivity contribution is 5.88. The molecular weight excluding hydrogens is 304 g/mol. The molecule has 3 heterocycles. The van der Waals surface area contributed by atoms with Gasteiger partial charge in [0.05, 0.1) is 0 Å². The summed E-state index contributed by atoms with van der Waals surface area (Å²) in [4.78, 5) is 29.3. The lowest BCUT2D eigenvalue weighted by Gasteiger charge is -2.40.